The van der Waals surface area contributed by atoms with E-state index in [-0.39, 0.29) is 29.6 Å². The molecule has 314 valence electrons. The Labute approximate surface area is 349 Å². The number of H-pyrrole nitrogens is 1. The van der Waals surface area contributed by atoms with Gasteiger partial charge in [0, 0.05) is 80.7 Å². The van der Waals surface area contributed by atoms with Crippen LogP contribution < -0.4 is 19.1 Å². The first-order chi connectivity index (χ1) is 28.3. The van der Waals surface area contributed by atoms with Crippen LogP contribution in [0.4, 0.5) is 11.4 Å². The molecule has 1 saturated carbocycles. The number of ether oxygens (including phenoxy) is 3. The molecule has 16 heteroatoms. The molecule has 2 saturated heterocycles. The van der Waals surface area contributed by atoms with Gasteiger partial charge >= 0.3 is 5.69 Å². The van der Waals surface area contributed by atoms with Crippen molar-refractivity contribution in [2.24, 2.45) is 17.3 Å². The van der Waals surface area contributed by atoms with E-state index in [0.29, 0.717) is 41.3 Å². The number of nitro groups is 1. The fourth-order valence-corrected chi connectivity index (χ4v) is 10.0. The van der Waals surface area contributed by atoms with E-state index < -0.39 is 31.4 Å². The number of benzene rings is 2. The van der Waals surface area contributed by atoms with Crippen LogP contribution in [-0.4, -0.2) is 92.0 Å². The van der Waals surface area contributed by atoms with E-state index in [2.05, 4.69) is 38.3 Å². The SMILES string of the molecule is CC1(C)CCC(CN2CCN(c3ccc(C(=O)NS(=O)(=O)c4ccc(OCC5CCOCC5)c([N+](=O)[O-])c4)c(Oc4cnc5[nH]ccc5c4)c3)CC2)=C(C2CC(Cl)C2)C1. The standard InChI is InChI=1S/C43H51ClN6O8S/c1-43(2)11-7-30(37(24-43)31-19-32(44)20-31)26-48-13-15-49(16-14-48)33-3-5-36(40(22-33)58-34-21-29-8-12-45-41(29)46-25-34)42(51)47-59(54,55)35-4-6-39(38(23-35)50(52)53)57-27-28-9-17-56-18-10-28/h3-6,8,12,21-23,25,28,31-32H,7,9-11,13-20,24,26-27H2,1-2H3,(H,45,46)(H,47,51). The topological polar surface area (TPSA) is 169 Å². The average Bonchev–Trinajstić information content (AvgIpc) is 3.68. The fourth-order valence-electron chi connectivity index (χ4n) is 8.63. The maximum atomic E-state index is 13.9. The van der Waals surface area contributed by atoms with E-state index in [9.17, 15) is 23.3 Å². The second-order valence-corrected chi connectivity index (χ2v) is 19.4. The van der Waals surface area contributed by atoms with Crippen molar-refractivity contribution in [1.29, 1.82) is 0 Å². The van der Waals surface area contributed by atoms with E-state index in [1.165, 1.54) is 24.8 Å². The van der Waals surface area contributed by atoms with Gasteiger partial charge in [0.15, 0.2) is 5.75 Å². The lowest BCUT2D eigenvalue weighted by Gasteiger charge is -2.43. The molecule has 4 heterocycles. The van der Waals surface area contributed by atoms with E-state index >= 15 is 0 Å². The molecule has 4 aromatic rings. The molecule has 4 aliphatic rings. The second kappa shape index (κ2) is 17.1. The zero-order valence-electron chi connectivity index (χ0n) is 33.5. The van der Waals surface area contributed by atoms with E-state index in [1.807, 2.05) is 6.07 Å². The largest absolute Gasteiger partial charge is 0.487 e. The number of carbonyl (C=O) groups is 1. The molecule has 3 fully saturated rings. The number of carbonyl (C=O) groups excluding carboxylic acids is 1. The first-order valence-corrected chi connectivity index (χ1v) is 22.4. The van der Waals surface area contributed by atoms with Crippen molar-refractivity contribution in [2.45, 2.75) is 69.1 Å². The molecule has 0 radical (unpaired) electrons. The van der Waals surface area contributed by atoms with E-state index in [0.717, 1.165) is 88.4 Å². The number of nitro benzene ring substituents is 1. The molecule has 0 bridgehead atoms. The molecule has 59 heavy (non-hydrogen) atoms. The predicted molar refractivity (Wildman–Crippen MR) is 225 cm³/mol. The van der Waals surface area contributed by atoms with Gasteiger partial charge in [-0.15, -0.1) is 11.6 Å². The molecule has 1 amide bonds. The number of fused-ring (bicyclic) bond motifs is 1. The minimum Gasteiger partial charge on any atom is -0.487 e. The highest BCUT2D eigenvalue weighted by Crippen LogP contribution is 2.48. The van der Waals surface area contributed by atoms with Crippen molar-refractivity contribution in [3.63, 3.8) is 0 Å². The molecule has 8 rings (SSSR count). The van der Waals surface area contributed by atoms with Crippen LogP contribution >= 0.6 is 11.6 Å². The van der Waals surface area contributed by atoms with Crippen molar-refractivity contribution in [2.75, 3.05) is 57.4 Å². The summed E-state index contributed by atoms with van der Waals surface area (Å²) in [4.78, 5) is 37.0. The smallest absolute Gasteiger partial charge is 0.312 e. The van der Waals surface area contributed by atoms with Crippen molar-refractivity contribution in [1.82, 2.24) is 19.6 Å². The Morgan fingerprint density at radius 2 is 1.85 bits per heavy atom. The summed E-state index contributed by atoms with van der Waals surface area (Å²) in [5.41, 5.74) is 4.47. The number of piperazine rings is 1. The summed E-state index contributed by atoms with van der Waals surface area (Å²) in [5, 5.41) is 13.1. The molecule has 0 atom stereocenters. The Balaban J connectivity index is 0.994. The van der Waals surface area contributed by atoms with Crippen LogP contribution in [0.5, 0.6) is 17.2 Å². The number of hydrogen-bond acceptors (Lipinski definition) is 11. The monoisotopic (exact) mass is 846 g/mol. The van der Waals surface area contributed by atoms with Gasteiger partial charge in [-0.3, -0.25) is 19.8 Å². The third-order valence-corrected chi connectivity index (χ3v) is 13.9. The van der Waals surface area contributed by atoms with Gasteiger partial charge in [0.05, 0.1) is 28.2 Å². The third kappa shape index (κ3) is 9.53. The van der Waals surface area contributed by atoms with Gasteiger partial charge in [0.25, 0.3) is 15.9 Å². The van der Waals surface area contributed by atoms with Crippen molar-refractivity contribution < 1.29 is 32.3 Å². The summed E-state index contributed by atoms with van der Waals surface area (Å²) in [6.45, 7) is 10.4. The Morgan fingerprint density at radius 1 is 1.07 bits per heavy atom. The molecule has 2 aromatic heterocycles. The van der Waals surface area contributed by atoms with Gasteiger partial charge in [0.1, 0.15) is 17.1 Å². The second-order valence-electron chi connectivity index (χ2n) is 17.1. The summed E-state index contributed by atoms with van der Waals surface area (Å²) in [5.74, 6) is 0.259. The molecular weight excluding hydrogens is 796 g/mol. The van der Waals surface area contributed by atoms with Gasteiger partial charge in [0.2, 0.25) is 0 Å². The van der Waals surface area contributed by atoms with Crippen LogP contribution in [0.2, 0.25) is 0 Å². The number of pyridine rings is 1. The van der Waals surface area contributed by atoms with Crippen LogP contribution in [0.1, 0.15) is 69.2 Å². The molecule has 0 spiro atoms. The highest BCUT2D eigenvalue weighted by molar-refractivity contribution is 7.90. The first kappa shape index (κ1) is 41.1. The van der Waals surface area contributed by atoms with Gasteiger partial charge in [-0.05, 0) is 98.6 Å². The van der Waals surface area contributed by atoms with Crippen molar-refractivity contribution in [3.05, 3.63) is 87.7 Å². The third-order valence-electron chi connectivity index (χ3n) is 12.2. The molecule has 2 N–H and O–H groups in total. The number of sulfonamides is 1. The zero-order valence-corrected chi connectivity index (χ0v) is 35.0. The Hall–Kier alpha value is -4.70. The van der Waals surface area contributed by atoms with E-state index in [4.69, 9.17) is 25.8 Å². The van der Waals surface area contributed by atoms with Gasteiger partial charge < -0.3 is 24.1 Å². The number of aromatic amines is 1. The Kier molecular flexibility index (Phi) is 11.9. The van der Waals surface area contributed by atoms with Crippen LogP contribution in [0.25, 0.3) is 11.0 Å². The molecule has 2 aliphatic carbocycles. The zero-order chi connectivity index (χ0) is 41.3. The van der Waals surface area contributed by atoms with Crippen molar-refractivity contribution in [3.8, 4) is 17.2 Å². The van der Waals surface area contributed by atoms with Crippen LogP contribution in [0.15, 0.2) is 77.0 Å². The lowest BCUT2D eigenvalue weighted by molar-refractivity contribution is -0.386. The molecule has 2 aromatic carbocycles. The highest BCUT2D eigenvalue weighted by atomic mass is 35.5. The fraction of sp³-hybridized carbons (Fsp3) is 0.488. The van der Waals surface area contributed by atoms with Crippen LogP contribution in [0.3, 0.4) is 0 Å². The van der Waals surface area contributed by atoms with E-state index in [1.54, 1.807) is 41.6 Å². The minimum absolute atomic E-state index is 0.0362. The van der Waals surface area contributed by atoms with Gasteiger partial charge in [-0.2, -0.15) is 0 Å². The molecule has 0 unspecified atom stereocenters. The van der Waals surface area contributed by atoms with Gasteiger partial charge in [-0.25, -0.2) is 18.1 Å². The summed E-state index contributed by atoms with van der Waals surface area (Å²) in [6.07, 6.45) is 10.4. The van der Waals surface area contributed by atoms with Crippen LogP contribution in [0, 0.1) is 27.4 Å². The lowest BCUT2D eigenvalue weighted by atomic mass is 9.66. The normalized spacial score (nSPS) is 21.6. The first-order valence-electron chi connectivity index (χ1n) is 20.4. The maximum absolute atomic E-state index is 13.9. The number of allylic oxidation sites excluding steroid dienone is 1. The summed E-state index contributed by atoms with van der Waals surface area (Å²) in [6, 6.07) is 12.0. The number of rotatable bonds is 13. The lowest BCUT2D eigenvalue weighted by Crippen LogP contribution is -2.47. The highest BCUT2D eigenvalue weighted by Gasteiger charge is 2.37. The number of anilines is 1. The van der Waals surface area contributed by atoms with Gasteiger partial charge in [-0.1, -0.05) is 25.0 Å². The number of nitrogens with zero attached hydrogens (tertiary/aromatic N) is 4. The Morgan fingerprint density at radius 3 is 2.59 bits per heavy atom. The molecule has 14 nitrogen and oxygen atoms in total. The number of nitrogens with one attached hydrogen (secondary N) is 2. The maximum Gasteiger partial charge on any atom is 0.312 e. The average molecular weight is 847 g/mol. The number of aromatic nitrogens is 2. The van der Waals surface area contributed by atoms with Crippen LogP contribution in [-0.2, 0) is 14.8 Å². The summed E-state index contributed by atoms with van der Waals surface area (Å²) in [7, 11) is -4.57. The number of amides is 1. The predicted octanol–water partition coefficient (Wildman–Crippen LogP) is 7.83. The Bertz CT molecular complexity index is 2350. The number of hydrogen-bond donors (Lipinski definition) is 2. The summed E-state index contributed by atoms with van der Waals surface area (Å²) < 4.78 is 46.8. The van der Waals surface area contributed by atoms with Crippen molar-refractivity contribution >= 4 is 49.9 Å². The number of alkyl halides is 1. The molecular formula is C43H51ClN6O8S. The quantitative estimate of drug-likeness (QED) is 0.0582. The number of halogens is 1. The molecule has 2 aliphatic heterocycles. The minimum atomic E-state index is -4.57. The summed E-state index contributed by atoms with van der Waals surface area (Å²) >= 11 is 6.42.